The Morgan fingerprint density at radius 1 is 0.968 bits per heavy atom. The minimum atomic E-state index is -0.904. The summed E-state index contributed by atoms with van der Waals surface area (Å²) in [5.74, 6) is -1.55. The van der Waals surface area contributed by atoms with Crippen molar-refractivity contribution < 1.29 is 33.3 Å². The Morgan fingerprint density at radius 3 is 2.32 bits per heavy atom. The Kier molecular flexibility index (Phi) is 7.36. The lowest BCUT2D eigenvalue weighted by Gasteiger charge is -2.40. The minimum absolute atomic E-state index is 0.146. The van der Waals surface area contributed by atoms with Gasteiger partial charge in [0.05, 0.1) is 11.8 Å². The lowest BCUT2D eigenvalue weighted by atomic mass is 9.90. The van der Waals surface area contributed by atoms with Gasteiger partial charge in [0, 0.05) is 39.0 Å². The number of aromatic nitrogens is 1. The molecule has 4 atom stereocenters. The van der Waals surface area contributed by atoms with Crippen molar-refractivity contribution in [2.45, 2.75) is 51.6 Å². The van der Waals surface area contributed by atoms with Crippen molar-refractivity contribution in [3.63, 3.8) is 0 Å². The average molecular weight is 427 g/mol. The molecule has 1 aromatic carbocycles. The molecule has 0 saturated carbocycles. The summed E-state index contributed by atoms with van der Waals surface area (Å²) in [6.07, 6.45) is -1.02. The van der Waals surface area contributed by atoms with Crippen molar-refractivity contribution >= 4 is 17.9 Å². The van der Waals surface area contributed by atoms with E-state index in [4.69, 9.17) is 18.9 Å². The van der Waals surface area contributed by atoms with Gasteiger partial charge in [0.25, 0.3) is 0 Å². The number of esters is 3. The topological polar surface area (TPSA) is 101 Å². The molecule has 0 aliphatic carbocycles. The van der Waals surface area contributed by atoms with Crippen LogP contribution in [-0.4, -0.2) is 47.8 Å². The molecule has 31 heavy (non-hydrogen) atoms. The largest absolute Gasteiger partial charge is 0.463 e. The summed E-state index contributed by atoms with van der Waals surface area (Å²) in [6, 6.07) is 13.2. The van der Waals surface area contributed by atoms with Gasteiger partial charge in [-0.15, -0.1) is 0 Å². The van der Waals surface area contributed by atoms with Crippen molar-refractivity contribution in [2.24, 2.45) is 0 Å². The minimum Gasteiger partial charge on any atom is -0.463 e. The monoisotopic (exact) mass is 427 g/mol. The smallest absolute Gasteiger partial charge is 0.303 e. The maximum atomic E-state index is 11.7. The van der Waals surface area contributed by atoms with Crippen LogP contribution in [0.5, 0.6) is 0 Å². The molecule has 0 radical (unpaired) electrons. The number of hydrogen-bond donors (Lipinski definition) is 0. The zero-order valence-electron chi connectivity index (χ0n) is 17.6. The highest BCUT2D eigenvalue weighted by molar-refractivity contribution is 5.68. The van der Waals surface area contributed by atoms with E-state index in [0.717, 1.165) is 16.8 Å². The van der Waals surface area contributed by atoms with Gasteiger partial charge in [0.1, 0.15) is 18.8 Å². The van der Waals surface area contributed by atoms with E-state index in [1.54, 1.807) is 6.20 Å². The van der Waals surface area contributed by atoms with E-state index in [1.165, 1.54) is 20.8 Å². The lowest BCUT2D eigenvalue weighted by molar-refractivity contribution is -0.216. The Morgan fingerprint density at radius 2 is 1.68 bits per heavy atom. The van der Waals surface area contributed by atoms with Crippen LogP contribution in [0.2, 0.25) is 0 Å². The van der Waals surface area contributed by atoms with E-state index in [9.17, 15) is 14.4 Å². The molecule has 0 unspecified atom stereocenters. The van der Waals surface area contributed by atoms with Crippen LogP contribution in [-0.2, 0) is 33.3 Å². The van der Waals surface area contributed by atoms with Crippen LogP contribution >= 0.6 is 0 Å². The fourth-order valence-corrected chi connectivity index (χ4v) is 3.67. The van der Waals surface area contributed by atoms with Gasteiger partial charge in [-0.05, 0) is 17.7 Å². The van der Waals surface area contributed by atoms with Crippen LogP contribution in [0, 0.1) is 0 Å². The normalized spacial score (nSPS) is 22.9. The molecule has 1 fully saturated rings. The summed E-state index contributed by atoms with van der Waals surface area (Å²) < 4.78 is 22.3. The molecule has 1 aliphatic heterocycles. The van der Waals surface area contributed by atoms with Crippen molar-refractivity contribution in [1.29, 1.82) is 0 Å². The first-order valence-corrected chi connectivity index (χ1v) is 9.98. The predicted molar refractivity (Wildman–Crippen MR) is 110 cm³/mol. The molecule has 1 saturated heterocycles. The maximum absolute atomic E-state index is 11.7. The van der Waals surface area contributed by atoms with Gasteiger partial charge in [-0.2, -0.15) is 0 Å². The number of carbonyl (C=O) groups excluding carboxylic acids is 3. The number of carbonyl (C=O) groups is 3. The van der Waals surface area contributed by atoms with Crippen molar-refractivity contribution in [1.82, 2.24) is 4.98 Å². The third-order valence-electron chi connectivity index (χ3n) is 4.84. The molecule has 0 amide bonds. The highest BCUT2D eigenvalue weighted by Crippen LogP contribution is 2.38. The highest BCUT2D eigenvalue weighted by atomic mass is 16.6. The van der Waals surface area contributed by atoms with E-state index < -0.39 is 42.3 Å². The van der Waals surface area contributed by atoms with Crippen LogP contribution in [0.3, 0.4) is 0 Å². The van der Waals surface area contributed by atoms with E-state index in [2.05, 4.69) is 4.98 Å². The SMILES string of the molecule is CC(=O)OC[C@H]1O[C@H](c2ccccc2-c2ccccn2)C[C@@H](OC(C)=O)[C@@H]1OC(C)=O. The van der Waals surface area contributed by atoms with Gasteiger partial charge < -0.3 is 18.9 Å². The molecule has 8 heteroatoms. The quantitative estimate of drug-likeness (QED) is 0.512. The van der Waals surface area contributed by atoms with Gasteiger partial charge in [0.2, 0.25) is 0 Å². The van der Waals surface area contributed by atoms with Crippen LogP contribution < -0.4 is 0 Å². The van der Waals surface area contributed by atoms with Crippen molar-refractivity contribution in [2.75, 3.05) is 6.61 Å². The second-order valence-corrected chi connectivity index (χ2v) is 7.23. The van der Waals surface area contributed by atoms with E-state index in [1.807, 2.05) is 42.5 Å². The molecule has 2 heterocycles. The number of hydrogen-bond acceptors (Lipinski definition) is 8. The van der Waals surface area contributed by atoms with Gasteiger partial charge in [-0.1, -0.05) is 30.3 Å². The van der Waals surface area contributed by atoms with E-state index >= 15 is 0 Å². The third kappa shape index (κ3) is 5.88. The molecular weight excluding hydrogens is 402 g/mol. The second-order valence-electron chi connectivity index (χ2n) is 7.23. The summed E-state index contributed by atoms with van der Waals surface area (Å²) in [4.78, 5) is 39.2. The number of rotatable bonds is 6. The number of pyridine rings is 1. The summed E-state index contributed by atoms with van der Waals surface area (Å²) in [6.45, 7) is 3.68. The first-order valence-electron chi connectivity index (χ1n) is 9.98. The van der Waals surface area contributed by atoms with Gasteiger partial charge >= 0.3 is 17.9 Å². The Bertz CT molecular complexity index is 931. The van der Waals surface area contributed by atoms with Gasteiger partial charge in [0.15, 0.2) is 6.10 Å². The Labute approximate surface area is 180 Å². The van der Waals surface area contributed by atoms with E-state index in [-0.39, 0.29) is 13.0 Å². The molecule has 0 N–H and O–H groups in total. The molecular formula is C23H25NO7. The summed E-state index contributed by atoms with van der Waals surface area (Å²) in [5, 5.41) is 0. The number of ether oxygens (including phenoxy) is 4. The zero-order valence-corrected chi connectivity index (χ0v) is 17.6. The second kappa shape index (κ2) is 10.2. The number of benzene rings is 1. The summed E-state index contributed by atoms with van der Waals surface area (Å²) >= 11 is 0. The molecule has 3 rings (SSSR count). The van der Waals surface area contributed by atoms with Crippen molar-refractivity contribution in [3.05, 3.63) is 54.2 Å². The molecule has 164 valence electrons. The van der Waals surface area contributed by atoms with Crippen LogP contribution in [0.25, 0.3) is 11.3 Å². The van der Waals surface area contributed by atoms with Crippen LogP contribution in [0.15, 0.2) is 48.7 Å². The fourth-order valence-electron chi connectivity index (χ4n) is 3.67. The standard InChI is InChI=1S/C23H25NO7/c1-14(25)28-13-22-23(30-16(3)27)21(29-15(2)26)12-20(31-22)18-9-5-4-8-17(18)19-10-6-7-11-24-19/h4-11,20-23H,12-13H2,1-3H3/t20-,21+,22+,23-/m0/s1. The van der Waals surface area contributed by atoms with Crippen LogP contribution in [0.1, 0.15) is 38.9 Å². The van der Waals surface area contributed by atoms with Gasteiger partial charge in [-0.25, -0.2) is 0 Å². The number of nitrogens with zero attached hydrogens (tertiary/aromatic N) is 1. The first-order chi connectivity index (χ1) is 14.8. The third-order valence-corrected chi connectivity index (χ3v) is 4.84. The molecule has 1 aliphatic rings. The predicted octanol–water partition coefficient (Wildman–Crippen LogP) is 3.01. The molecule has 0 spiro atoms. The van der Waals surface area contributed by atoms with Crippen LogP contribution in [0.4, 0.5) is 0 Å². The molecule has 0 bridgehead atoms. The lowest BCUT2D eigenvalue weighted by Crippen LogP contribution is -2.51. The average Bonchev–Trinajstić information content (AvgIpc) is 2.73. The first kappa shape index (κ1) is 22.4. The summed E-state index contributed by atoms with van der Waals surface area (Å²) in [5.41, 5.74) is 2.48. The Hall–Kier alpha value is -3.26. The zero-order chi connectivity index (χ0) is 22.4. The maximum Gasteiger partial charge on any atom is 0.303 e. The fraction of sp³-hybridized carbons (Fsp3) is 0.391. The molecule has 2 aromatic rings. The summed E-state index contributed by atoms with van der Waals surface area (Å²) in [7, 11) is 0. The molecule has 1 aromatic heterocycles. The van der Waals surface area contributed by atoms with E-state index in [0.29, 0.717) is 0 Å². The highest BCUT2D eigenvalue weighted by Gasteiger charge is 2.44. The van der Waals surface area contributed by atoms with Crippen molar-refractivity contribution in [3.8, 4) is 11.3 Å². The van der Waals surface area contributed by atoms with Gasteiger partial charge in [-0.3, -0.25) is 19.4 Å². The molecule has 8 nitrogen and oxygen atoms in total. The Balaban J connectivity index is 1.97.